The van der Waals surface area contributed by atoms with E-state index < -0.39 is 9.84 Å². The van der Waals surface area contributed by atoms with Crippen molar-refractivity contribution in [1.82, 2.24) is 10.2 Å². The maximum absolute atomic E-state index is 12.6. The normalized spacial score (nSPS) is 28.3. The van der Waals surface area contributed by atoms with Crippen LogP contribution in [-0.2, 0) is 19.4 Å². The van der Waals surface area contributed by atoms with E-state index in [-0.39, 0.29) is 41.2 Å². The lowest BCUT2D eigenvalue weighted by Crippen LogP contribution is -2.42. The molecule has 1 N–H and O–H groups in total. The van der Waals surface area contributed by atoms with Crippen LogP contribution in [0.25, 0.3) is 0 Å². The summed E-state index contributed by atoms with van der Waals surface area (Å²) < 4.78 is 23.2. The highest BCUT2D eigenvalue weighted by Crippen LogP contribution is 2.41. The van der Waals surface area contributed by atoms with Gasteiger partial charge in [0.25, 0.3) is 0 Å². The highest BCUT2D eigenvalue weighted by molar-refractivity contribution is 7.91. The van der Waals surface area contributed by atoms with Gasteiger partial charge in [-0.2, -0.15) is 0 Å². The predicted octanol–water partition coefficient (Wildman–Crippen LogP) is 0.965. The van der Waals surface area contributed by atoms with Crippen LogP contribution in [0.15, 0.2) is 0 Å². The molecular formula is C16H28N2O4S. The molecule has 2 amide bonds. The molecule has 0 aromatic carbocycles. The standard InChI is InChI=1S/C16H28N2O4S/c1-3-5-6-8-17-15(19)13-10-14(13)16(20)18(4-2)12-7-9-23(21,22)11-12/h12-14H,3-11H2,1-2H3,(H,17,19). The molecule has 0 aromatic rings. The third-order valence-electron chi connectivity index (χ3n) is 4.80. The summed E-state index contributed by atoms with van der Waals surface area (Å²) in [6, 6.07) is -0.216. The number of carbonyl (C=O) groups is 2. The number of amides is 2. The van der Waals surface area contributed by atoms with Crippen LogP contribution in [0, 0.1) is 11.8 Å². The SMILES string of the molecule is CCCCCNC(=O)C1CC1C(=O)N(CC)C1CCS(=O)(=O)C1. The molecule has 2 fully saturated rings. The number of rotatable bonds is 8. The Balaban J connectivity index is 1.83. The molecule has 2 aliphatic rings. The smallest absolute Gasteiger partial charge is 0.226 e. The Morgan fingerprint density at radius 1 is 1.17 bits per heavy atom. The lowest BCUT2D eigenvalue weighted by Gasteiger charge is -2.27. The van der Waals surface area contributed by atoms with Crippen molar-refractivity contribution in [2.24, 2.45) is 11.8 Å². The summed E-state index contributed by atoms with van der Waals surface area (Å²) in [5.74, 6) is -0.348. The third-order valence-corrected chi connectivity index (χ3v) is 6.55. The minimum Gasteiger partial charge on any atom is -0.356 e. The maximum atomic E-state index is 12.6. The Labute approximate surface area is 138 Å². The summed E-state index contributed by atoms with van der Waals surface area (Å²) in [6.07, 6.45) is 4.27. The fourth-order valence-corrected chi connectivity index (χ4v) is 5.03. The molecule has 3 unspecified atom stereocenters. The second kappa shape index (κ2) is 7.64. The van der Waals surface area contributed by atoms with Gasteiger partial charge in [0.1, 0.15) is 0 Å². The predicted molar refractivity (Wildman–Crippen MR) is 88.6 cm³/mol. The Bertz CT molecular complexity index is 546. The topological polar surface area (TPSA) is 83.6 Å². The van der Waals surface area contributed by atoms with E-state index in [2.05, 4.69) is 12.2 Å². The van der Waals surface area contributed by atoms with Gasteiger partial charge >= 0.3 is 0 Å². The first-order valence-electron chi connectivity index (χ1n) is 8.68. The number of hydrogen-bond acceptors (Lipinski definition) is 4. The van der Waals surface area contributed by atoms with Gasteiger partial charge in [-0.1, -0.05) is 19.8 Å². The Morgan fingerprint density at radius 3 is 2.48 bits per heavy atom. The number of hydrogen-bond donors (Lipinski definition) is 1. The van der Waals surface area contributed by atoms with Gasteiger partial charge in [0, 0.05) is 19.1 Å². The van der Waals surface area contributed by atoms with Crippen LogP contribution in [0.5, 0.6) is 0 Å². The van der Waals surface area contributed by atoms with Gasteiger partial charge in [0.05, 0.1) is 23.3 Å². The Morgan fingerprint density at radius 2 is 1.91 bits per heavy atom. The molecule has 1 saturated heterocycles. The van der Waals surface area contributed by atoms with E-state index >= 15 is 0 Å². The summed E-state index contributed by atoms with van der Waals surface area (Å²) in [4.78, 5) is 26.3. The fraction of sp³-hybridized carbons (Fsp3) is 0.875. The van der Waals surface area contributed by atoms with E-state index in [1.54, 1.807) is 4.90 Å². The van der Waals surface area contributed by atoms with Crippen LogP contribution in [0.1, 0.15) is 46.0 Å². The molecule has 1 aliphatic carbocycles. The van der Waals surface area contributed by atoms with E-state index in [1.165, 1.54) is 0 Å². The zero-order valence-electron chi connectivity index (χ0n) is 14.1. The van der Waals surface area contributed by atoms with Crippen molar-refractivity contribution in [3.63, 3.8) is 0 Å². The lowest BCUT2D eigenvalue weighted by atomic mass is 10.2. The molecule has 0 spiro atoms. The summed E-state index contributed by atoms with van der Waals surface area (Å²) in [5.41, 5.74) is 0. The number of nitrogens with zero attached hydrogens (tertiary/aromatic N) is 1. The summed E-state index contributed by atoms with van der Waals surface area (Å²) in [6.45, 7) is 5.15. The van der Waals surface area contributed by atoms with Crippen molar-refractivity contribution in [1.29, 1.82) is 0 Å². The molecule has 1 saturated carbocycles. The zero-order chi connectivity index (χ0) is 17.0. The summed E-state index contributed by atoms with van der Waals surface area (Å²) in [5, 5.41) is 2.90. The van der Waals surface area contributed by atoms with Crippen LogP contribution < -0.4 is 5.32 Å². The molecule has 7 heteroatoms. The van der Waals surface area contributed by atoms with Crippen molar-refractivity contribution in [3.05, 3.63) is 0 Å². The van der Waals surface area contributed by atoms with Crippen molar-refractivity contribution in [2.75, 3.05) is 24.6 Å². The highest BCUT2D eigenvalue weighted by atomic mass is 32.2. The average molecular weight is 344 g/mol. The van der Waals surface area contributed by atoms with Crippen LogP contribution in [0.4, 0.5) is 0 Å². The molecule has 1 heterocycles. The van der Waals surface area contributed by atoms with Crippen molar-refractivity contribution < 1.29 is 18.0 Å². The summed E-state index contributed by atoms with van der Waals surface area (Å²) in [7, 11) is -3.01. The second-order valence-corrected chi connectivity index (χ2v) is 8.86. The van der Waals surface area contributed by atoms with E-state index in [1.807, 2.05) is 6.92 Å². The van der Waals surface area contributed by atoms with Crippen LogP contribution in [0.3, 0.4) is 0 Å². The van der Waals surface area contributed by atoms with Gasteiger partial charge in [0.15, 0.2) is 9.84 Å². The molecule has 0 bridgehead atoms. The molecule has 132 valence electrons. The summed E-state index contributed by atoms with van der Waals surface area (Å²) >= 11 is 0. The number of carbonyl (C=O) groups excluding carboxylic acids is 2. The second-order valence-electron chi connectivity index (χ2n) is 6.63. The first-order chi connectivity index (χ1) is 10.9. The van der Waals surface area contributed by atoms with E-state index in [0.717, 1.165) is 19.3 Å². The van der Waals surface area contributed by atoms with Gasteiger partial charge in [-0.25, -0.2) is 8.42 Å². The molecular weight excluding hydrogens is 316 g/mol. The number of nitrogens with one attached hydrogen (secondary N) is 1. The fourth-order valence-electron chi connectivity index (χ4n) is 3.30. The maximum Gasteiger partial charge on any atom is 0.226 e. The van der Waals surface area contributed by atoms with E-state index in [9.17, 15) is 18.0 Å². The third kappa shape index (κ3) is 4.68. The van der Waals surface area contributed by atoms with Gasteiger partial charge in [-0.3, -0.25) is 9.59 Å². The van der Waals surface area contributed by atoms with E-state index in [0.29, 0.717) is 25.9 Å². The first-order valence-corrected chi connectivity index (χ1v) is 10.5. The van der Waals surface area contributed by atoms with E-state index in [4.69, 9.17) is 0 Å². The molecule has 0 radical (unpaired) electrons. The van der Waals surface area contributed by atoms with Crippen molar-refractivity contribution in [2.45, 2.75) is 52.0 Å². The van der Waals surface area contributed by atoms with Crippen molar-refractivity contribution >= 4 is 21.7 Å². The van der Waals surface area contributed by atoms with Gasteiger partial charge in [-0.05, 0) is 26.2 Å². The van der Waals surface area contributed by atoms with Gasteiger partial charge in [0.2, 0.25) is 11.8 Å². The van der Waals surface area contributed by atoms with Gasteiger partial charge < -0.3 is 10.2 Å². The Kier molecular flexibility index (Phi) is 6.06. The highest BCUT2D eigenvalue weighted by Gasteiger charge is 2.50. The number of sulfone groups is 1. The van der Waals surface area contributed by atoms with Crippen LogP contribution in [0.2, 0.25) is 0 Å². The quantitative estimate of drug-likeness (QED) is 0.665. The monoisotopic (exact) mass is 344 g/mol. The number of unbranched alkanes of at least 4 members (excludes halogenated alkanes) is 2. The molecule has 0 aromatic heterocycles. The Hall–Kier alpha value is -1.11. The lowest BCUT2D eigenvalue weighted by molar-refractivity contribution is -0.136. The minimum absolute atomic E-state index is 0.0328. The zero-order valence-corrected chi connectivity index (χ0v) is 14.9. The van der Waals surface area contributed by atoms with Crippen LogP contribution in [-0.4, -0.2) is 55.8 Å². The molecule has 1 aliphatic heterocycles. The minimum atomic E-state index is -3.01. The average Bonchev–Trinajstić information content (AvgIpc) is 3.23. The molecule has 3 atom stereocenters. The van der Waals surface area contributed by atoms with Gasteiger partial charge in [-0.15, -0.1) is 0 Å². The first kappa shape index (κ1) is 18.2. The largest absolute Gasteiger partial charge is 0.356 e. The molecule has 23 heavy (non-hydrogen) atoms. The van der Waals surface area contributed by atoms with Crippen LogP contribution >= 0.6 is 0 Å². The van der Waals surface area contributed by atoms with Crippen molar-refractivity contribution in [3.8, 4) is 0 Å². The molecule has 2 rings (SSSR count). The molecule has 6 nitrogen and oxygen atoms in total.